The van der Waals surface area contributed by atoms with Gasteiger partial charge in [0, 0.05) is 13.2 Å². The van der Waals surface area contributed by atoms with Crippen molar-refractivity contribution in [2.75, 3.05) is 31.9 Å². The van der Waals surface area contributed by atoms with Crippen LogP contribution in [0.15, 0.2) is 12.1 Å². The third-order valence-electron chi connectivity index (χ3n) is 1.89. The van der Waals surface area contributed by atoms with Crippen molar-refractivity contribution in [3.8, 4) is 5.88 Å². The molecule has 0 saturated carbocycles. The quantitative estimate of drug-likeness (QED) is 0.763. The van der Waals surface area contributed by atoms with Crippen LogP contribution < -0.4 is 15.8 Å². The Labute approximate surface area is 89.6 Å². The van der Waals surface area contributed by atoms with E-state index in [1.807, 2.05) is 13.0 Å². The van der Waals surface area contributed by atoms with Crippen molar-refractivity contribution in [2.45, 2.75) is 13.0 Å². The third-order valence-corrected chi connectivity index (χ3v) is 1.89. The minimum absolute atomic E-state index is 0.191. The zero-order valence-corrected chi connectivity index (χ0v) is 9.28. The summed E-state index contributed by atoms with van der Waals surface area (Å²) in [7, 11) is 3.20. The first-order valence-corrected chi connectivity index (χ1v) is 4.73. The summed E-state index contributed by atoms with van der Waals surface area (Å²) in [6, 6.07) is 3.76. The molecule has 1 aromatic heterocycles. The van der Waals surface area contributed by atoms with Gasteiger partial charge < -0.3 is 20.5 Å². The second-order valence-corrected chi connectivity index (χ2v) is 3.30. The van der Waals surface area contributed by atoms with Gasteiger partial charge in [0.15, 0.2) is 0 Å². The van der Waals surface area contributed by atoms with Crippen LogP contribution >= 0.6 is 0 Å². The van der Waals surface area contributed by atoms with E-state index in [1.165, 1.54) is 0 Å². The van der Waals surface area contributed by atoms with E-state index < -0.39 is 0 Å². The summed E-state index contributed by atoms with van der Waals surface area (Å²) >= 11 is 0. The van der Waals surface area contributed by atoms with Crippen molar-refractivity contribution in [1.82, 2.24) is 4.98 Å². The van der Waals surface area contributed by atoms with E-state index in [1.54, 1.807) is 20.3 Å². The number of nitrogens with two attached hydrogens (primary N) is 1. The second-order valence-electron chi connectivity index (χ2n) is 3.30. The van der Waals surface area contributed by atoms with Crippen molar-refractivity contribution < 1.29 is 9.47 Å². The number of nitrogen functional groups attached to an aromatic ring is 1. The molecule has 0 aliphatic rings. The van der Waals surface area contributed by atoms with Gasteiger partial charge in [-0.15, -0.1) is 0 Å². The molecule has 15 heavy (non-hydrogen) atoms. The Morgan fingerprint density at radius 1 is 1.47 bits per heavy atom. The van der Waals surface area contributed by atoms with Crippen LogP contribution in [0.3, 0.4) is 0 Å². The van der Waals surface area contributed by atoms with Gasteiger partial charge in [-0.1, -0.05) is 0 Å². The van der Waals surface area contributed by atoms with Crippen LogP contribution in [0.4, 0.5) is 11.5 Å². The maximum Gasteiger partial charge on any atom is 0.238 e. The largest absolute Gasteiger partial charge is 0.479 e. The highest BCUT2D eigenvalue weighted by Crippen LogP contribution is 2.20. The number of pyridine rings is 1. The fourth-order valence-electron chi connectivity index (χ4n) is 1.24. The molecule has 0 spiro atoms. The van der Waals surface area contributed by atoms with E-state index in [4.69, 9.17) is 15.2 Å². The number of nitrogens with zero attached hydrogens (tertiary/aromatic N) is 1. The molecule has 0 fully saturated rings. The van der Waals surface area contributed by atoms with E-state index in [-0.39, 0.29) is 6.04 Å². The van der Waals surface area contributed by atoms with Gasteiger partial charge in [-0.2, -0.15) is 4.98 Å². The lowest BCUT2D eigenvalue weighted by molar-refractivity contribution is 0.190. The molecule has 1 aromatic rings. The molecule has 0 saturated heterocycles. The maximum absolute atomic E-state index is 5.65. The molecule has 1 atom stereocenters. The molecule has 0 aliphatic carbocycles. The van der Waals surface area contributed by atoms with E-state index >= 15 is 0 Å². The van der Waals surface area contributed by atoms with Gasteiger partial charge in [0.05, 0.1) is 19.4 Å². The Morgan fingerprint density at radius 3 is 2.80 bits per heavy atom. The molecular weight excluding hydrogens is 194 g/mol. The summed E-state index contributed by atoms with van der Waals surface area (Å²) in [5.74, 6) is 1.16. The summed E-state index contributed by atoms with van der Waals surface area (Å²) in [5, 5.41) is 3.17. The molecule has 1 rings (SSSR count). The predicted molar refractivity (Wildman–Crippen MR) is 60.2 cm³/mol. The van der Waals surface area contributed by atoms with Gasteiger partial charge in [-0.05, 0) is 19.1 Å². The SMILES string of the molecule is COCC(C)Nc1ccc(N)c(OC)n1. The van der Waals surface area contributed by atoms with E-state index in [0.717, 1.165) is 5.82 Å². The summed E-state index contributed by atoms with van der Waals surface area (Å²) < 4.78 is 10.0. The lowest BCUT2D eigenvalue weighted by atomic mass is 10.3. The third kappa shape index (κ3) is 3.28. The van der Waals surface area contributed by atoms with E-state index in [0.29, 0.717) is 18.2 Å². The van der Waals surface area contributed by atoms with Crippen LogP contribution in [0.5, 0.6) is 5.88 Å². The molecule has 0 radical (unpaired) electrons. The molecule has 5 heteroatoms. The van der Waals surface area contributed by atoms with Gasteiger partial charge in [-0.25, -0.2) is 0 Å². The average Bonchev–Trinajstić information content (AvgIpc) is 2.21. The molecule has 5 nitrogen and oxygen atoms in total. The van der Waals surface area contributed by atoms with Crippen LogP contribution in [-0.4, -0.2) is 31.9 Å². The minimum atomic E-state index is 0.191. The summed E-state index contributed by atoms with van der Waals surface area (Å²) in [5.41, 5.74) is 6.18. The van der Waals surface area contributed by atoms with Crippen LogP contribution in [0.1, 0.15) is 6.92 Å². The minimum Gasteiger partial charge on any atom is -0.479 e. The molecule has 84 valence electrons. The van der Waals surface area contributed by atoms with Crippen molar-refractivity contribution in [3.05, 3.63) is 12.1 Å². The Bertz CT molecular complexity index is 318. The summed E-state index contributed by atoms with van der Waals surface area (Å²) in [6.07, 6.45) is 0. The highest BCUT2D eigenvalue weighted by molar-refractivity contribution is 5.53. The fraction of sp³-hybridized carbons (Fsp3) is 0.500. The number of hydrogen-bond acceptors (Lipinski definition) is 5. The molecule has 1 unspecified atom stereocenters. The monoisotopic (exact) mass is 211 g/mol. The lowest BCUT2D eigenvalue weighted by Gasteiger charge is -2.14. The zero-order valence-electron chi connectivity index (χ0n) is 9.28. The Hall–Kier alpha value is -1.49. The highest BCUT2D eigenvalue weighted by Gasteiger charge is 2.05. The topological polar surface area (TPSA) is 69.4 Å². The predicted octanol–water partition coefficient (Wildman–Crippen LogP) is 1.12. The molecule has 1 heterocycles. The number of rotatable bonds is 5. The van der Waals surface area contributed by atoms with Crippen LogP contribution in [-0.2, 0) is 4.74 Å². The van der Waals surface area contributed by atoms with Gasteiger partial charge in [-0.3, -0.25) is 0 Å². The molecule has 0 aliphatic heterocycles. The first-order valence-electron chi connectivity index (χ1n) is 4.73. The van der Waals surface area contributed by atoms with Crippen LogP contribution in [0.25, 0.3) is 0 Å². The first kappa shape index (κ1) is 11.6. The van der Waals surface area contributed by atoms with E-state index in [2.05, 4.69) is 10.3 Å². The van der Waals surface area contributed by atoms with Crippen LogP contribution in [0.2, 0.25) is 0 Å². The summed E-state index contributed by atoms with van der Waals surface area (Å²) in [6.45, 7) is 2.63. The van der Waals surface area contributed by atoms with Gasteiger partial charge in [0.1, 0.15) is 5.82 Å². The highest BCUT2D eigenvalue weighted by atomic mass is 16.5. The summed E-state index contributed by atoms with van der Waals surface area (Å²) in [4.78, 5) is 4.20. The lowest BCUT2D eigenvalue weighted by Crippen LogP contribution is -2.21. The molecular formula is C10H17N3O2. The van der Waals surface area contributed by atoms with Crippen LogP contribution in [0, 0.1) is 0 Å². The smallest absolute Gasteiger partial charge is 0.238 e. The molecule has 3 N–H and O–H groups in total. The number of anilines is 2. The Morgan fingerprint density at radius 2 is 2.20 bits per heavy atom. The number of methoxy groups -OCH3 is 2. The fourth-order valence-corrected chi connectivity index (χ4v) is 1.24. The van der Waals surface area contributed by atoms with Crippen molar-refractivity contribution in [1.29, 1.82) is 0 Å². The standard InChI is InChI=1S/C10H17N3O2/c1-7(6-14-2)12-9-5-4-8(11)10(13-9)15-3/h4-5,7H,6,11H2,1-3H3,(H,12,13). The number of ether oxygens (including phenoxy) is 2. The molecule has 0 amide bonds. The van der Waals surface area contributed by atoms with Crippen molar-refractivity contribution >= 4 is 11.5 Å². The molecule has 0 bridgehead atoms. The van der Waals surface area contributed by atoms with Crippen molar-refractivity contribution in [3.63, 3.8) is 0 Å². The van der Waals surface area contributed by atoms with Gasteiger partial charge >= 0.3 is 0 Å². The number of aromatic nitrogens is 1. The Balaban J connectivity index is 2.69. The normalized spacial score (nSPS) is 12.2. The molecule has 0 aromatic carbocycles. The second kappa shape index (κ2) is 5.41. The maximum atomic E-state index is 5.65. The number of hydrogen-bond donors (Lipinski definition) is 2. The first-order chi connectivity index (χ1) is 7.17. The zero-order chi connectivity index (χ0) is 11.3. The van der Waals surface area contributed by atoms with Crippen molar-refractivity contribution in [2.24, 2.45) is 0 Å². The number of nitrogens with one attached hydrogen (secondary N) is 1. The van der Waals surface area contributed by atoms with Gasteiger partial charge in [0.2, 0.25) is 5.88 Å². The average molecular weight is 211 g/mol. The van der Waals surface area contributed by atoms with E-state index in [9.17, 15) is 0 Å². The van der Waals surface area contributed by atoms with Gasteiger partial charge in [0.25, 0.3) is 0 Å². The Kier molecular flexibility index (Phi) is 4.17.